The first-order chi connectivity index (χ1) is 27.5. The van der Waals surface area contributed by atoms with Crippen LogP contribution in [0.15, 0.2) is 0 Å². The molecule has 0 aliphatic carbocycles. The molecule has 3 nitrogen and oxygen atoms in total. The summed E-state index contributed by atoms with van der Waals surface area (Å²) in [7, 11) is 0.969. The predicted octanol–water partition coefficient (Wildman–Crippen LogP) is 17.6. The number of carbonyl (C=O) groups excluding carboxylic acids is 1. The number of hydrogen-bond donors (Lipinski definition) is 1. The van der Waals surface area contributed by atoms with Gasteiger partial charge in [0.2, 0.25) is 0 Å². The maximum absolute atomic E-state index is 12.3. The molecule has 1 atom stereocenters. The zero-order valence-electron chi connectivity index (χ0n) is 39.4. The first kappa shape index (κ1) is 56.2. The molecular weight excluding hydrogens is 719 g/mol. The summed E-state index contributed by atoms with van der Waals surface area (Å²) in [6.45, 7) is 10.1. The fourth-order valence-corrected chi connectivity index (χ4v) is 11.2. The van der Waals surface area contributed by atoms with Crippen LogP contribution in [0.2, 0.25) is 12.6 Å². The van der Waals surface area contributed by atoms with Crippen LogP contribution >= 0.6 is 11.8 Å². The van der Waals surface area contributed by atoms with Crippen molar-refractivity contribution < 1.29 is 9.22 Å². The molecule has 0 aromatic heterocycles. The molecule has 0 spiro atoms. The quantitative estimate of drug-likeness (QED) is 0.0490. The zero-order valence-corrected chi connectivity index (χ0v) is 41.4. The van der Waals surface area contributed by atoms with Gasteiger partial charge in [0.25, 0.3) is 0 Å². The highest BCUT2D eigenvalue weighted by molar-refractivity contribution is 8.13. The van der Waals surface area contributed by atoms with E-state index in [2.05, 4.69) is 39.7 Å². The summed E-state index contributed by atoms with van der Waals surface area (Å²) in [5, 5.41) is 4.24. The minimum absolute atomic E-state index is 0.135. The minimum Gasteiger partial charge on any atom is -0.418 e. The lowest BCUT2D eigenvalue weighted by molar-refractivity contribution is -0.111. The molecule has 0 aliphatic heterocycles. The maximum Gasteiger partial charge on any atom is 0.188 e. The normalized spacial score (nSPS) is 12.5. The summed E-state index contributed by atoms with van der Waals surface area (Å²) in [6, 6.07) is 1.19. The molecule has 0 aromatic rings. The molecule has 1 N–H and O–H groups in total. The summed E-state index contributed by atoms with van der Waals surface area (Å²) in [4.78, 5) is 12.3. The Bertz CT molecular complexity index is 730. The van der Waals surface area contributed by atoms with Crippen molar-refractivity contribution in [3.05, 3.63) is 0 Å². The Morgan fingerprint density at radius 1 is 0.464 bits per heavy atom. The van der Waals surface area contributed by atoms with E-state index in [0.717, 1.165) is 31.6 Å². The smallest absolute Gasteiger partial charge is 0.188 e. The average molecular weight is 825 g/mol. The van der Waals surface area contributed by atoms with Crippen LogP contribution in [0.25, 0.3) is 0 Å². The Balaban J connectivity index is 4.38. The van der Waals surface area contributed by atoms with Crippen LogP contribution in [0, 0.1) is 0 Å². The van der Waals surface area contributed by atoms with E-state index in [1.807, 2.05) is 0 Å². The van der Waals surface area contributed by atoms with E-state index in [0.29, 0.717) is 5.12 Å². The molecule has 336 valence electrons. The molecule has 0 saturated heterocycles. The Hall–Kier alpha value is 0.157. The highest BCUT2D eigenvalue weighted by atomic mass is 32.2. The van der Waals surface area contributed by atoms with Crippen molar-refractivity contribution in [1.82, 2.24) is 5.32 Å². The molecule has 0 fully saturated rings. The summed E-state index contributed by atoms with van der Waals surface area (Å²) < 4.78 is 6.75. The van der Waals surface area contributed by atoms with Gasteiger partial charge >= 0.3 is 0 Å². The largest absolute Gasteiger partial charge is 0.418 e. The van der Waals surface area contributed by atoms with Gasteiger partial charge in [0.1, 0.15) is 0 Å². The van der Waals surface area contributed by atoms with Crippen molar-refractivity contribution in [2.75, 3.05) is 19.4 Å². The van der Waals surface area contributed by atoms with Crippen LogP contribution in [-0.4, -0.2) is 39.1 Å². The van der Waals surface area contributed by atoms with E-state index in [9.17, 15) is 4.79 Å². The van der Waals surface area contributed by atoms with E-state index >= 15 is 0 Å². The second-order valence-electron chi connectivity index (χ2n) is 18.3. The van der Waals surface area contributed by atoms with Crippen LogP contribution in [0.3, 0.4) is 0 Å². The Kier molecular flexibility index (Phi) is 46.4. The summed E-state index contributed by atoms with van der Waals surface area (Å²) in [5.41, 5.74) is 0.135. The van der Waals surface area contributed by atoms with Crippen molar-refractivity contribution in [2.45, 2.75) is 302 Å². The lowest BCUT2D eigenvalue weighted by Gasteiger charge is -2.35. The number of thioether (sulfide) groups is 1. The fourth-order valence-electron chi connectivity index (χ4n) is 8.50. The van der Waals surface area contributed by atoms with Crippen LogP contribution in [0.5, 0.6) is 0 Å². The van der Waals surface area contributed by atoms with Gasteiger partial charge in [-0.1, -0.05) is 264 Å². The molecule has 0 aliphatic rings. The minimum atomic E-state index is -1.24. The third kappa shape index (κ3) is 40.9. The lowest BCUT2D eigenvalue weighted by atomic mass is 9.87. The highest BCUT2D eigenvalue weighted by Crippen LogP contribution is 2.26. The SMILES string of the molecule is CCCCCCCCCCCCCCCCCCC(CCCCCCCCCCCCCCCCCC)(CO[SiH](C)CCCSC(=O)CCCCCCC)NC. The van der Waals surface area contributed by atoms with Gasteiger partial charge in [0.15, 0.2) is 14.2 Å². The van der Waals surface area contributed by atoms with E-state index in [1.165, 1.54) is 250 Å². The van der Waals surface area contributed by atoms with Crippen molar-refractivity contribution >= 4 is 25.9 Å². The molecule has 5 heteroatoms. The standard InChI is InChI=1S/C51H105NO2SSi/c1-6-9-12-15-17-19-21-23-25-27-29-31-33-35-38-41-45-51(52-4,49-54-56(5)48-43-47-55-50(53)44-40-37-14-11-8-3)46-42-39-36-34-32-30-28-26-24-22-20-18-16-13-10-7-2/h52,56H,6-49H2,1-5H3. The van der Waals surface area contributed by atoms with Gasteiger partial charge in [-0.05, 0) is 45.3 Å². The first-order valence-corrected chi connectivity index (χ1v) is 29.4. The van der Waals surface area contributed by atoms with Gasteiger partial charge in [0, 0.05) is 17.7 Å². The molecule has 0 amide bonds. The van der Waals surface area contributed by atoms with E-state index < -0.39 is 9.04 Å². The molecular formula is C51H105NO2SSi. The van der Waals surface area contributed by atoms with E-state index in [1.54, 1.807) is 11.8 Å². The van der Waals surface area contributed by atoms with Gasteiger partial charge in [-0.3, -0.25) is 4.79 Å². The van der Waals surface area contributed by atoms with Crippen LogP contribution in [-0.2, 0) is 9.22 Å². The third-order valence-corrected chi connectivity index (χ3v) is 15.7. The predicted molar refractivity (Wildman–Crippen MR) is 259 cm³/mol. The maximum atomic E-state index is 12.3. The van der Waals surface area contributed by atoms with Gasteiger partial charge < -0.3 is 9.74 Å². The number of carbonyl (C=O) groups is 1. The molecule has 0 rings (SSSR count). The third-order valence-electron chi connectivity index (χ3n) is 12.7. The molecule has 0 aromatic carbocycles. The van der Waals surface area contributed by atoms with Crippen LogP contribution in [0.1, 0.15) is 284 Å². The number of hydrogen-bond acceptors (Lipinski definition) is 4. The number of unbranched alkanes of at least 4 members (excludes halogenated alkanes) is 34. The molecule has 0 heterocycles. The van der Waals surface area contributed by atoms with Gasteiger partial charge in [-0.2, -0.15) is 0 Å². The topological polar surface area (TPSA) is 38.3 Å². The summed E-state index contributed by atoms with van der Waals surface area (Å²) in [6.07, 6.45) is 56.2. The number of likely N-dealkylation sites (N-methyl/N-ethyl adjacent to an activating group) is 1. The molecule has 1 unspecified atom stereocenters. The van der Waals surface area contributed by atoms with Gasteiger partial charge in [-0.25, -0.2) is 0 Å². The lowest BCUT2D eigenvalue weighted by Crippen LogP contribution is -2.48. The summed E-state index contributed by atoms with van der Waals surface area (Å²) >= 11 is 1.58. The summed E-state index contributed by atoms with van der Waals surface area (Å²) in [5.74, 6) is 0.976. The zero-order chi connectivity index (χ0) is 40.9. The van der Waals surface area contributed by atoms with Crippen molar-refractivity contribution in [3.63, 3.8) is 0 Å². The molecule has 0 bridgehead atoms. The average Bonchev–Trinajstić information content (AvgIpc) is 3.20. The molecule has 56 heavy (non-hydrogen) atoms. The Morgan fingerprint density at radius 2 is 0.768 bits per heavy atom. The van der Waals surface area contributed by atoms with Crippen molar-refractivity contribution in [1.29, 1.82) is 0 Å². The van der Waals surface area contributed by atoms with Crippen molar-refractivity contribution in [2.24, 2.45) is 0 Å². The number of rotatable bonds is 48. The van der Waals surface area contributed by atoms with E-state index in [4.69, 9.17) is 4.43 Å². The number of nitrogens with one attached hydrogen (secondary N) is 1. The monoisotopic (exact) mass is 824 g/mol. The highest BCUT2D eigenvalue weighted by Gasteiger charge is 2.28. The fraction of sp³-hybridized carbons (Fsp3) is 0.980. The van der Waals surface area contributed by atoms with E-state index in [-0.39, 0.29) is 5.54 Å². The van der Waals surface area contributed by atoms with Gasteiger partial charge in [-0.15, -0.1) is 0 Å². The van der Waals surface area contributed by atoms with Crippen molar-refractivity contribution in [3.8, 4) is 0 Å². The Morgan fingerprint density at radius 3 is 1.09 bits per heavy atom. The molecule has 0 saturated carbocycles. The first-order valence-electron chi connectivity index (χ1n) is 26.0. The van der Waals surface area contributed by atoms with Crippen LogP contribution in [0.4, 0.5) is 0 Å². The van der Waals surface area contributed by atoms with Crippen LogP contribution < -0.4 is 5.32 Å². The molecule has 0 radical (unpaired) electrons. The second-order valence-corrected chi connectivity index (χ2v) is 22.0. The van der Waals surface area contributed by atoms with Gasteiger partial charge in [0.05, 0.1) is 6.61 Å². The second kappa shape index (κ2) is 46.2. The Labute approximate surface area is 360 Å².